The number of pyridine rings is 1. The van der Waals surface area contributed by atoms with Gasteiger partial charge in [0.2, 0.25) is 5.91 Å². The molecule has 5 nitrogen and oxygen atoms in total. The summed E-state index contributed by atoms with van der Waals surface area (Å²) in [7, 11) is 0. The summed E-state index contributed by atoms with van der Waals surface area (Å²) < 4.78 is 0. The predicted molar refractivity (Wildman–Crippen MR) is 68.9 cm³/mol. The molecule has 0 saturated carbocycles. The van der Waals surface area contributed by atoms with Gasteiger partial charge in [-0.3, -0.25) is 4.79 Å². The Morgan fingerprint density at radius 1 is 1.61 bits per heavy atom. The van der Waals surface area contributed by atoms with Crippen LogP contribution in [0.15, 0.2) is 18.3 Å². The van der Waals surface area contributed by atoms with Crippen molar-refractivity contribution >= 4 is 11.7 Å². The zero-order valence-corrected chi connectivity index (χ0v) is 10.5. The summed E-state index contributed by atoms with van der Waals surface area (Å²) in [6, 6.07) is 3.96. The van der Waals surface area contributed by atoms with Gasteiger partial charge in [-0.25, -0.2) is 4.98 Å². The van der Waals surface area contributed by atoms with Gasteiger partial charge < -0.3 is 15.7 Å². The summed E-state index contributed by atoms with van der Waals surface area (Å²) in [6.07, 6.45) is 3.44. The van der Waals surface area contributed by atoms with Crippen molar-refractivity contribution in [3.8, 4) is 0 Å². The number of nitrogens with two attached hydrogens (primary N) is 1. The molecule has 2 heterocycles. The Labute approximate surface area is 107 Å². The second kappa shape index (κ2) is 5.35. The van der Waals surface area contributed by atoms with Crippen molar-refractivity contribution in [2.45, 2.75) is 32.4 Å². The molecule has 98 valence electrons. The lowest BCUT2D eigenvalue weighted by Crippen LogP contribution is -2.46. The summed E-state index contributed by atoms with van der Waals surface area (Å²) in [4.78, 5) is 17.7. The van der Waals surface area contributed by atoms with Gasteiger partial charge in [0.15, 0.2) is 0 Å². The van der Waals surface area contributed by atoms with Gasteiger partial charge in [0.1, 0.15) is 5.82 Å². The minimum Gasteiger partial charge on any atom is -0.392 e. The monoisotopic (exact) mass is 249 g/mol. The Bertz CT molecular complexity index is 436. The molecule has 0 aromatic carbocycles. The maximum absolute atomic E-state index is 11.3. The van der Waals surface area contributed by atoms with E-state index in [-0.39, 0.29) is 18.4 Å². The quantitative estimate of drug-likeness (QED) is 0.825. The van der Waals surface area contributed by atoms with Gasteiger partial charge in [-0.2, -0.15) is 0 Å². The number of carbonyl (C=O) groups excluding carboxylic acids is 1. The Morgan fingerprint density at radius 3 is 3.06 bits per heavy atom. The number of hydrogen-bond acceptors (Lipinski definition) is 4. The molecule has 1 aromatic rings. The number of aromatic nitrogens is 1. The molecule has 1 amide bonds. The van der Waals surface area contributed by atoms with Crippen LogP contribution in [0.3, 0.4) is 0 Å². The van der Waals surface area contributed by atoms with Crippen LogP contribution < -0.4 is 10.6 Å². The van der Waals surface area contributed by atoms with Gasteiger partial charge in [-0.1, -0.05) is 6.07 Å². The average molecular weight is 249 g/mol. The highest BCUT2D eigenvalue weighted by molar-refractivity contribution is 5.77. The van der Waals surface area contributed by atoms with Gasteiger partial charge >= 0.3 is 0 Å². The Kier molecular flexibility index (Phi) is 3.81. The van der Waals surface area contributed by atoms with E-state index in [1.807, 2.05) is 6.07 Å². The zero-order chi connectivity index (χ0) is 13.1. The molecule has 1 saturated heterocycles. The van der Waals surface area contributed by atoms with E-state index < -0.39 is 0 Å². The number of aliphatic hydroxyl groups is 1. The molecule has 0 aliphatic carbocycles. The van der Waals surface area contributed by atoms with Crippen LogP contribution in [0, 0.1) is 5.92 Å². The highest BCUT2D eigenvalue weighted by atomic mass is 16.3. The van der Waals surface area contributed by atoms with Gasteiger partial charge in [0, 0.05) is 24.3 Å². The lowest BCUT2D eigenvalue weighted by molar-refractivity contribution is -0.122. The first-order valence-electron chi connectivity index (χ1n) is 6.24. The van der Waals surface area contributed by atoms with Gasteiger partial charge in [-0.15, -0.1) is 0 Å². The van der Waals surface area contributed by atoms with E-state index in [0.29, 0.717) is 12.6 Å². The van der Waals surface area contributed by atoms with Gasteiger partial charge in [-0.05, 0) is 25.8 Å². The van der Waals surface area contributed by atoms with E-state index in [1.54, 1.807) is 12.3 Å². The van der Waals surface area contributed by atoms with E-state index in [9.17, 15) is 9.90 Å². The lowest BCUT2D eigenvalue weighted by Gasteiger charge is -2.38. The molecule has 18 heavy (non-hydrogen) atoms. The third-order valence-electron chi connectivity index (χ3n) is 3.59. The maximum Gasteiger partial charge on any atom is 0.222 e. The molecule has 2 rings (SSSR count). The van der Waals surface area contributed by atoms with Crippen molar-refractivity contribution in [1.82, 2.24) is 4.98 Å². The summed E-state index contributed by atoms with van der Waals surface area (Å²) in [5.74, 6) is 0.376. The minimum atomic E-state index is -0.256. The number of nitrogens with zero attached hydrogens (tertiary/aromatic N) is 2. The highest BCUT2D eigenvalue weighted by Crippen LogP contribution is 2.28. The van der Waals surface area contributed by atoms with Crippen LogP contribution >= 0.6 is 0 Å². The first-order chi connectivity index (χ1) is 8.63. The first kappa shape index (κ1) is 12.8. The molecule has 1 aromatic heterocycles. The fourth-order valence-corrected chi connectivity index (χ4v) is 2.45. The normalized spacial score (nSPS) is 24.0. The minimum absolute atomic E-state index is 0.0480. The molecule has 5 heteroatoms. The molecule has 0 bridgehead atoms. The van der Waals surface area contributed by atoms with Crippen LogP contribution in [0.1, 0.15) is 25.3 Å². The Balaban J connectivity index is 2.26. The van der Waals surface area contributed by atoms with Crippen molar-refractivity contribution in [3.05, 3.63) is 23.9 Å². The molecule has 3 N–H and O–H groups in total. The largest absolute Gasteiger partial charge is 0.392 e. The van der Waals surface area contributed by atoms with Crippen molar-refractivity contribution < 1.29 is 9.90 Å². The lowest BCUT2D eigenvalue weighted by atomic mass is 9.92. The Hall–Kier alpha value is -1.62. The maximum atomic E-state index is 11.3. The zero-order valence-electron chi connectivity index (χ0n) is 10.5. The van der Waals surface area contributed by atoms with E-state index >= 15 is 0 Å². The van der Waals surface area contributed by atoms with Crippen molar-refractivity contribution in [1.29, 1.82) is 0 Å². The first-order valence-corrected chi connectivity index (χ1v) is 6.24. The summed E-state index contributed by atoms with van der Waals surface area (Å²) in [5, 5.41) is 9.35. The number of rotatable bonds is 3. The third kappa shape index (κ3) is 2.46. The van der Waals surface area contributed by atoms with Crippen molar-refractivity contribution in [2.24, 2.45) is 11.7 Å². The number of anilines is 1. The molecule has 1 aliphatic heterocycles. The molecule has 0 spiro atoms. The van der Waals surface area contributed by atoms with Crippen LogP contribution in [0.5, 0.6) is 0 Å². The standard InChI is InChI=1S/C13H19N3O2/c1-9-4-5-10(12(14)18)7-16(9)13-11(8-17)3-2-6-15-13/h2-3,6,9-10,17H,4-5,7-8H2,1H3,(H2,14,18). The van der Waals surface area contributed by atoms with E-state index in [0.717, 1.165) is 24.2 Å². The topological polar surface area (TPSA) is 79.5 Å². The van der Waals surface area contributed by atoms with Crippen molar-refractivity contribution in [2.75, 3.05) is 11.4 Å². The number of carbonyl (C=O) groups is 1. The van der Waals surface area contributed by atoms with Crippen LogP contribution in [0.2, 0.25) is 0 Å². The summed E-state index contributed by atoms with van der Waals surface area (Å²) in [6.45, 7) is 2.64. The van der Waals surface area contributed by atoms with Gasteiger partial charge in [0.05, 0.1) is 12.5 Å². The number of amides is 1. The van der Waals surface area contributed by atoms with E-state index in [2.05, 4.69) is 16.8 Å². The average Bonchev–Trinajstić information content (AvgIpc) is 2.39. The summed E-state index contributed by atoms with van der Waals surface area (Å²) >= 11 is 0. The molecule has 0 radical (unpaired) electrons. The molecular formula is C13H19N3O2. The van der Waals surface area contributed by atoms with Crippen LogP contribution in [-0.2, 0) is 11.4 Å². The number of hydrogen-bond donors (Lipinski definition) is 2. The Morgan fingerprint density at radius 2 is 2.39 bits per heavy atom. The molecule has 2 atom stereocenters. The van der Waals surface area contributed by atoms with Crippen LogP contribution in [0.4, 0.5) is 5.82 Å². The van der Waals surface area contributed by atoms with Crippen molar-refractivity contribution in [3.63, 3.8) is 0 Å². The molecular weight excluding hydrogens is 230 g/mol. The number of piperidine rings is 1. The van der Waals surface area contributed by atoms with Crippen LogP contribution in [-0.4, -0.2) is 28.6 Å². The molecule has 2 unspecified atom stereocenters. The summed E-state index contributed by atoms with van der Waals surface area (Å²) in [5.41, 5.74) is 6.17. The van der Waals surface area contributed by atoms with E-state index in [1.165, 1.54) is 0 Å². The van der Waals surface area contributed by atoms with Crippen LogP contribution in [0.25, 0.3) is 0 Å². The smallest absolute Gasteiger partial charge is 0.222 e. The van der Waals surface area contributed by atoms with Gasteiger partial charge in [0.25, 0.3) is 0 Å². The highest BCUT2D eigenvalue weighted by Gasteiger charge is 2.30. The number of primary amides is 1. The third-order valence-corrected chi connectivity index (χ3v) is 3.59. The second-order valence-electron chi connectivity index (χ2n) is 4.82. The number of aliphatic hydroxyl groups excluding tert-OH is 1. The molecule has 1 aliphatic rings. The van der Waals surface area contributed by atoms with E-state index in [4.69, 9.17) is 5.73 Å². The fraction of sp³-hybridized carbons (Fsp3) is 0.538. The molecule has 1 fully saturated rings. The second-order valence-corrected chi connectivity index (χ2v) is 4.82. The predicted octanol–water partition coefficient (Wildman–Crippen LogP) is 0.664. The fourth-order valence-electron chi connectivity index (χ4n) is 2.45. The SMILES string of the molecule is CC1CCC(C(N)=O)CN1c1ncccc1CO.